The predicted molar refractivity (Wildman–Crippen MR) is 77.6 cm³/mol. The molecule has 1 aromatic carbocycles. The average molecular weight is 283 g/mol. The lowest BCUT2D eigenvalue weighted by molar-refractivity contribution is -0.0958. The Morgan fingerprint density at radius 3 is 2.52 bits per heavy atom. The van der Waals surface area contributed by atoms with Crippen LogP contribution in [-0.4, -0.2) is 44.8 Å². The van der Waals surface area contributed by atoms with Gasteiger partial charge in [-0.15, -0.1) is 0 Å². The first-order valence-corrected chi connectivity index (χ1v) is 7.27. The van der Waals surface area contributed by atoms with E-state index in [4.69, 9.17) is 0 Å². The summed E-state index contributed by atoms with van der Waals surface area (Å²) < 4.78 is 0. The number of hydrogen-bond acceptors (Lipinski definition) is 3. The Morgan fingerprint density at radius 2 is 1.95 bits per heavy atom. The quantitative estimate of drug-likeness (QED) is 0.900. The summed E-state index contributed by atoms with van der Waals surface area (Å²) in [7, 11) is 0. The average Bonchev–Trinajstić information content (AvgIpc) is 3.19. The summed E-state index contributed by atoms with van der Waals surface area (Å²) in [6, 6.07) is 7.51. The van der Waals surface area contributed by atoms with Gasteiger partial charge in [-0.3, -0.25) is 9.89 Å². The molecule has 21 heavy (non-hydrogen) atoms. The molecule has 108 valence electrons. The fourth-order valence-corrected chi connectivity index (χ4v) is 3.03. The van der Waals surface area contributed by atoms with Gasteiger partial charge < -0.3 is 10.0 Å². The number of hydrogen-bond donors (Lipinski definition) is 2. The van der Waals surface area contributed by atoms with Gasteiger partial charge in [0.25, 0.3) is 5.91 Å². The topological polar surface area (TPSA) is 69.2 Å². The van der Waals surface area contributed by atoms with Crippen molar-refractivity contribution in [2.75, 3.05) is 13.1 Å². The van der Waals surface area contributed by atoms with Crippen LogP contribution in [0.5, 0.6) is 0 Å². The molecular weight excluding hydrogens is 266 g/mol. The third-order valence-electron chi connectivity index (χ3n) is 4.52. The van der Waals surface area contributed by atoms with Crippen molar-refractivity contribution in [2.24, 2.45) is 5.92 Å². The minimum atomic E-state index is -0.619. The molecule has 4 rings (SSSR count). The van der Waals surface area contributed by atoms with Crippen LogP contribution in [0, 0.1) is 5.92 Å². The van der Waals surface area contributed by atoms with E-state index in [0.717, 1.165) is 24.0 Å². The van der Waals surface area contributed by atoms with Crippen LogP contribution in [0.3, 0.4) is 0 Å². The second-order valence-electron chi connectivity index (χ2n) is 6.10. The summed E-state index contributed by atoms with van der Waals surface area (Å²) in [6.07, 6.45) is 5.76. The summed E-state index contributed by atoms with van der Waals surface area (Å²) in [6.45, 7) is 0.944. The minimum absolute atomic E-state index is 0.000862. The Bertz CT molecular complexity index is 653. The predicted octanol–water partition coefficient (Wildman–Crippen LogP) is 1.67. The number of carbonyl (C=O) groups is 1. The van der Waals surface area contributed by atoms with Crippen LogP contribution >= 0.6 is 0 Å². The highest BCUT2D eigenvalue weighted by Gasteiger charge is 2.53. The van der Waals surface area contributed by atoms with E-state index in [1.165, 1.54) is 0 Å². The summed E-state index contributed by atoms with van der Waals surface area (Å²) in [4.78, 5) is 14.1. The molecule has 0 radical (unpaired) electrons. The van der Waals surface area contributed by atoms with Gasteiger partial charge in [0.2, 0.25) is 0 Å². The molecule has 1 saturated carbocycles. The number of nitrogens with one attached hydrogen (secondary N) is 1. The molecule has 5 heteroatoms. The van der Waals surface area contributed by atoms with E-state index < -0.39 is 5.60 Å². The van der Waals surface area contributed by atoms with E-state index in [1.54, 1.807) is 11.1 Å². The van der Waals surface area contributed by atoms with Crippen LogP contribution in [0.4, 0.5) is 0 Å². The standard InChI is InChI=1S/C16H17N3O2/c20-15(19-9-16(21,10-19)14-5-6-14)12-3-1-11(2-4-12)13-7-17-18-8-13/h1-4,7-8,14,21H,5-6,9-10H2,(H,17,18). The highest BCUT2D eigenvalue weighted by atomic mass is 16.3. The Labute approximate surface area is 122 Å². The molecule has 0 bridgehead atoms. The Balaban J connectivity index is 1.46. The third kappa shape index (κ3) is 2.14. The van der Waals surface area contributed by atoms with Crippen molar-refractivity contribution in [3.8, 4) is 11.1 Å². The second-order valence-corrected chi connectivity index (χ2v) is 6.10. The van der Waals surface area contributed by atoms with Crippen molar-refractivity contribution in [2.45, 2.75) is 18.4 Å². The van der Waals surface area contributed by atoms with Crippen molar-refractivity contribution < 1.29 is 9.90 Å². The van der Waals surface area contributed by atoms with Crippen molar-refractivity contribution in [1.29, 1.82) is 0 Å². The molecule has 2 heterocycles. The fraction of sp³-hybridized carbons (Fsp3) is 0.375. The molecule has 1 aliphatic carbocycles. The van der Waals surface area contributed by atoms with Crippen LogP contribution in [0.2, 0.25) is 0 Å². The number of nitrogens with zero attached hydrogens (tertiary/aromatic N) is 2. The van der Waals surface area contributed by atoms with E-state index in [9.17, 15) is 9.90 Å². The molecule has 0 unspecified atom stereocenters. The first-order chi connectivity index (χ1) is 10.2. The normalized spacial score (nSPS) is 20.1. The highest BCUT2D eigenvalue weighted by Crippen LogP contribution is 2.44. The molecule has 1 saturated heterocycles. The number of rotatable bonds is 3. The van der Waals surface area contributed by atoms with E-state index in [1.807, 2.05) is 30.5 Å². The zero-order chi connectivity index (χ0) is 14.4. The summed E-state index contributed by atoms with van der Waals surface area (Å²) in [5.41, 5.74) is 2.08. The van der Waals surface area contributed by atoms with Crippen LogP contribution in [-0.2, 0) is 0 Å². The maximum Gasteiger partial charge on any atom is 0.254 e. The number of aliphatic hydroxyl groups is 1. The molecule has 2 N–H and O–H groups in total. The molecule has 0 atom stereocenters. The van der Waals surface area contributed by atoms with Crippen LogP contribution < -0.4 is 0 Å². The third-order valence-corrected chi connectivity index (χ3v) is 4.52. The number of H-pyrrole nitrogens is 1. The Kier molecular flexibility index (Phi) is 2.65. The summed E-state index contributed by atoms with van der Waals surface area (Å²) >= 11 is 0. The van der Waals surface area contributed by atoms with Crippen LogP contribution in [0.1, 0.15) is 23.2 Å². The van der Waals surface area contributed by atoms with E-state index >= 15 is 0 Å². The molecule has 2 aromatic rings. The van der Waals surface area contributed by atoms with Gasteiger partial charge in [-0.25, -0.2) is 0 Å². The molecule has 2 aliphatic rings. The van der Waals surface area contributed by atoms with Crippen molar-refractivity contribution in [3.63, 3.8) is 0 Å². The lowest BCUT2D eigenvalue weighted by Crippen LogP contribution is -2.64. The first-order valence-electron chi connectivity index (χ1n) is 7.27. The molecule has 1 aromatic heterocycles. The molecular formula is C16H17N3O2. The number of amides is 1. The van der Waals surface area contributed by atoms with Gasteiger partial charge in [0.05, 0.1) is 19.3 Å². The van der Waals surface area contributed by atoms with Gasteiger partial charge >= 0.3 is 0 Å². The van der Waals surface area contributed by atoms with Gasteiger partial charge in [-0.05, 0) is 36.5 Å². The molecule has 2 fully saturated rings. The SMILES string of the molecule is O=C(c1ccc(-c2cn[nH]c2)cc1)N1CC(O)(C2CC2)C1. The van der Waals surface area contributed by atoms with E-state index in [0.29, 0.717) is 24.6 Å². The maximum atomic E-state index is 12.4. The van der Waals surface area contributed by atoms with Gasteiger partial charge in [-0.1, -0.05) is 12.1 Å². The van der Waals surface area contributed by atoms with Crippen molar-refractivity contribution >= 4 is 5.91 Å². The second kappa shape index (κ2) is 4.43. The van der Waals surface area contributed by atoms with Gasteiger partial charge in [0.1, 0.15) is 5.60 Å². The molecule has 1 aliphatic heterocycles. The lowest BCUT2D eigenvalue weighted by Gasteiger charge is -2.47. The number of aromatic amines is 1. The van der Waals surface area contributed by atoms with Gasteiger partial charge in [0.15, 0.2) is 0 Å². The number of aromatic nitrogens is 2. The van der Waals surface area contributed by atoms with Crippen molar-refractivity contribution in [1.82, 2.24) is 15.1 Å². The summed E-state index contributed by atoms with van der Waals surface area (Å²) in [5.74, 6) is 0.407. The molecule has 0 spiro atoms. The molecule has 1 amide bonds. The van der Waals surface area contributed by atoms with Crippen LogP contribution in [0.15, 0.2) is 36.7 Å². The van der Waals surface area contributed by atoms with Crippen LogP contribution in [0.25, 0.3) is 11.1 Å². The number of likely N-dealkylation sites (tertiary alicyclic amines) is 1. The number of carbonyl (C=O) groups excluding carboxylic acids is 1. The Hall–Kier alpha value is -2.14. The number of benzene rings is 1. The van der Waals surface area contributed by atoms with Gasteiger partial charge in [0, 0.05) is 17.3 Å². The zero-order valence-electron chi connectivity index (χ0n) is 11.6. The zero-order valence-corrected chi connectivity index (χ0v) is 11.6. The Morgan fingerprint density at radius 1 is 1.24 bits per heavy atom. The van der Waals surface area contributed by atoms with E-state index in [-0.39, 0.29) is 5.91 Å². The first kappa shape index (κ1) is 12.6. The minimum Gasteiger partial charge on any atom is -0.386 e. The summed E-state index contributed by atoms with van der Waals surface area (Å²) in [5, 5.41) is 17.0. The fourth-order valence-electron chi connectivity index (χ4n) is 3.03. The largest absolute Gasteiger partial charge is 0.386 e. The maximum absolute atomic E-state index is 12.4. The van der Waals surface area contributed by atoms with Gasteiger partial charge in [-0.2, -0.15) is 5.10 Å². The molecule has 5 nitrogen and oxygen atoms in total. The van der Waals surface area contributed by atoms with Crippen molar-refractivity contribution in [3.05, 3.63) is 42.2 Å². The highest BCUT2D eigenvalue weighted by molar-refractivity contribution is 5.95. The number of β-amino-alcohol motifs (C(OH)–C–C–N with tert-alkyl or cyclic N) is 1. The smallest absolute Gasteiger partial charge is 0.254 e. The lowest BCUT2D eigenvalue weighted by atomic mass is 9.88. The van der Waals surface area contributed by atoms with E-state index in [2.05, 4.69) is 10.2 Å². The monoisotopic (exact) mass is 283 g/mol.